The Kier molecular flexibility index (Phi) is 11.6. The Balaban J connectivity index is 1.94. The van der Waals surface area contributed by atoms with Crippen LogP contribution in [0.5, 0.6) is 0 Å². The van der Waals surface area contributed by atoms with Crippen LogP contribution < -0.4 is 0 Å². The molecule has 0 aliphatic heterocycles. The van der Waals surface area contributed by atoms with Crippen molar-refractivity contribution >= 4 is 31.9 Å². The van der Waals surface area contributed by atoms with Crippen LogP contribution in [0.3, 0.4) is 0 Å². The predicted octanol–water partition coefficient (Wildman–Crippen LogP) is 8.07. The summed E-state index contributed by atoms with van der Waals surface area (Å²) >= 11 is 7.24. The molecule has 120 valence electrons. The Bertz CT molecular complexity index is 374. The van der Waals surface area contributed by atoms with Crippen molar-refractivity contribution in [2.45, 2.75) is 84.0 Å². The standard InChI is InChI=1S/C19H30Br2/c1-2-3-4-5-6-7-8-9-10-11-12-14-17-15-13-16-18(20)19(17)21/h13,15-16H,2-12,14H2,1H3. The predicted molar refractivity (Wildman–Crippen MR) is 102 cm³/mol. The Morgan fingerprint density at radius 3 is 1.81 bits per heavy atom. The summed E-state index contributed by atoms with van der Waals surface area (Å²) in [5, 5.41) is 0. The summed E-state index contributed by atoms with van der Waals surface area (Å²) in [5.41, 5.74) is 1.43. The molecule has 0 heterocycles. The number of halogens is 2. The molecular weight excluding hydrogens is 388 g/mol. The van der Waals surface area contributed by atoms with E-state index in [0.717, 1.165) is 0 Å². The van der Waals surface area contributed by atoms with E-state index in [0.29, 0.717) is 0 Å². The first-order valence-corrected chi connectivity index (χ1v) is 10.3. The number of hydrogen-bond donors (Lipinski definition) is 0. The smallest absolute Gasteiger partial charge is 0.0349 e. The van der Waals surface area contributed by atoms with Gasteiger partial charge in [-0.25, -0.2) is 0 Å². The lowest BCUT2D eigenvalue weighted by Crippen LogP contribution is -1.89. The molecule has 0 nitrogen and oxygen atoms in total. The van der Waals surface area contributed by atoms with Crippen LogP contribution in [0.4, 0.5) is 0 Å². The molecule has 21 heavy (non-hydrogen) atoms. The van der Waals surface area contributed by atoms with Gasteiger partial charge < -0.3 is 0 Å². The number of rotatable bonds is 12. The van der Waals surface area contributed by atoms with E-state index in [1.54, 1.807) is 0 Å². The highest BCUT2D eigenvalue weighted by atomic mass is 79.9. The van der Waals surface area contributed by atoms with Gasteiger partial charge in [0.05, 0.1) is 0 Å². The van der Waals surface area contributed by atoms with Gasteiger partial charge in [0.15, 0.2) is 0 Å². The van der Waals surface area contributed by atoms with Crippen LogP contribution >= 0.6 is 31.9 Å². The monoisotopic (exact) mass is 416 g/mol. The van der Waals surface area contributed by atoms with Crippen LogP contribution in [0.25, 0.3) is 0 Å². The van der Waals surface area contributed by atoms with Crippen LogP contribution in [-0.4, -0.2) is 0 Å². The van der Waals surface area contributed by atoms with Crippen molar-refractivity contribution in [2.75, 3.05) is 0 Å². The number of hydrogen-bond acceptors (Lipinski definition) is 0. The minimum atomic E-state index is 1.17. The Morgan fingerprint density at radius 2 is 1.24 bits per heavy atom. The lowest BCUT2D eigenvalue weighted by molar-refractivity contribution is 0.549. The van der Waals surface area contributed by atoms with Gasteiger partial charge >= 0.3 is 0 Å². The zero-order chi connectivity index (χ0) is 15.3. The fraction of sp³-hybridized carbons (Fsp3) is 0.684. The summed E-state index contributed by atoms with van der Waals surface area (Å²) < 4.78 is 2.40. The molecule has 0 unspecified atom stereocenters. The summed E-state index contributed by atoms with van der Waals surface area (Å²) in [6, 6.07) is 6.45. The molecule has 0 radical (unpaired) electrons. The van der Waals surface area contributed by atoms with Crippen molar-refractivity contribution in [3.63, 3.8) is 0 Å². The molecule has 0 amide bonds. The van der Waals surface area contributed by atoms with Crippen LogP contribution in [0, 0.1) is 0 Å². The molecule has 0 aliphatic carbocycles. The summed E-state index contributed by atoms with van der Waals surface area (Å²) in [6.07, 6.45) is 16.7. The topological polar surface area (TPSA) is 0 Å². The van der Waals surface area contributed by atoms with E-state index in [-0.39, 0.29) is 0 Å². The molecule has 0 aromatic heterocycles. The highest BCUT2D eigenvalue weighted by Gasteiger charge is 2.02. The minimum absolute atomic E-state index is 1.17. The first kappa shape index (κ1) is 19.2. The molecule has 0 fully saturated rings. The highest BCUT2D eigenvalue weighted by Crippen LogP contribution is 2.27. The van der Waals surface area contributed by atoms with Crippen molar-refractivity contribution in [3.05, 3.63) is 32.7 Å². The van der Waals surface area contributed by atoms with Crippen molar-refractivity contribution in [1.82, 2.24) is 0 Å². The van der Waals surface area contributed by atoms with Gasteiger partial charge in [0.2, 0.25) is 0 Å². The lowest BCUT2D eigenvalue weighted by Gasteiger charge is -2.06. The fourth-order valence-electron chi connectivity index (χ4n) is 2.72. The van der Waals surface area contributed by atoms with Crippen molar-refractivity contribution in [1.29, 1.82) is 0 Å². The maximum Gasteiger partial charge on any atom is 0.0349 e. The van der Waals surface area contributed by atoms with Gasteiger partial charge in [0.1, 0.15) is 0 Å². The SMILES string of the molecule is CCCCCCCCCCCCCc1cccc(Br)c1Br. The zero-order valence-electron chi connectivity index (χ0n) is 13.5. The Labute approximate surface area is 148 Å². The normalized spacial score (nSPS) is 11.0. The summed E-state index contributed by atoms with van der Waals surface area (Å²) in [6.45, 7) is 2.28. The molecule has 2 heteroatoms. The number of benzene rings is 1. The van der Waals surface area contributed by atoms with Gasteiger partial charge in [-0.15, -0.1) is 0 Å². The van der Waals surface area contributed by atoms with E-state index < -0.39 is 0 Å². The van der Waals surface area contributed by atoms with Gasteiger partial charge in [-0.05, 0) is 56.3 Å². The Hall–Kier alpha value is 0.180. The molecule has 1 aromatic carbocycles. The van der Waals surface area contributed by atoms with Gasteiger partial charge in [0, 0.05) is 8.95 Å². The van der Waals surface area contributed by atoms with Crippen molar-refractivity contribution in [3.8, 4) is 0 Å². The lowest BCUT2D eigenvalue weighted by atomic mass is 10.0. The zero-order valence-corrected chi connectivity index (χ0v) is 16.6. The molecule has 0 spiro atoms. The quantitative estimate of drug-likeness (QED) is 0.301. The first-order chi connectivity index (χ1) is 10.3. The molecule has 1 aromatic rings. The molecule has 0 bridgehead atoms. The molecular formula is C19H30Br2. The summed E-state index contributed by atoms with van der Waals surface area (Å²) in [7, 11) is 0. The molecule has 0 aliphatic rings. The molecule has 0 saturated carbocycles. The van der Waals surface area contributed by atoms with Gasteiger partial charge in [0.25, 0.3) is 0 Å². The van der Waals surface area contributed by atoms with Crippen LogP contribution in [0.2, 0.25) is 0 Å². The van der Waals surface area contributed by atoms with Gasteiger partial charge in [-0.1, -0.05) is 83.3 Å². The molecule has 1 rings (SSSR count). The maximum absolute atomic E-state index is 3.66. The first-order valence-electron chi connectivity index (χ1n) is 8.68. The third kappa shape index (κ3) is 9.03. The van der Waals surface area contributed by atoms with Crippen molar-refractivity contribution < 1.29 is 0 Å². The second-order valence-electron chi connectivity index (χ2n) is 6.00. The fourth-order valence-corrected chi connectivity index (χ4v) is 3.59. The van der Waals surface area contributed by atoms with Crippen LogP contribution in [0.15, 0.2) is 27.1 Å². The second kappa shape index (κ2) is 12.7. The maximum atomic E-state index is 3.66. The number of aryl methyl sites for hydroxylation is 1. The Morgan fingerprint density at radius 1 is 0.714 bits per heavy atom. The second-order valence-corrected chi connectivity index (χ2v) is 7.65. The van der Waals surface area contributed by atoms with E-state index in [2.05, 4.69) is 57.0 Å². The highest BCUT2D eigenvalue weighted by molar-refractivity contribution is 9.13. The number of unbranched alkanes of at least 4 members (excludes halogenated alkanes) is 10. The average molecular weight is 418 g/mol. The average Bonchev–Trinajstić information content (AvgIpc) is 2.49. The van der Waals surface area contributed by atoms with E-state index >= 15 is 0 Å². The minimum Gasteiger partial charge on any atom is -0.0654 e. The van der Waals surface area contributed by atoms with E-state index in [1.807, 2.05) is 0 Å². The van der Waals surface area contributed by atoms with Crippen LogP contribution in [-0.2, 0) is 6.42 Å². The molecule has 0 atom stereocenters. The van der Waals surface area contributed by atoms with E-state index in [1.165, 1.54) is 91.6 Å². The van der Waals surface area contributed by atoms with E-state index in [4.69, 9.17) is 0 Å². The third-order valence-corrected chi connectivity index (χ3v) is 6.21. The molecule has 0 saturated heterocycles. The van der Waals surface area contributed by atoms with Gasteiger partial charge in [-0.3, -0.25) is 0 Å². The van der Waals surface area contributed by atoms with E-state index in [9.17, 15) is 0 Å². The molecule has 0 N–H and O–H groups in total. The largest absolute Gasteiger partial charge is 0.0654 e. The van der Waals surface area contributed by atoms with Crippen molar-refractivity contribution in [2.24, 2.45) is 0 Å². The third-order valence-electron chi connectivity index (χ3n) is 4.08. The summed E-state index contributed by atoms with van der Waals surface area (Å²) in [4.78, 5) is 0. The van der Waals surface area contributed by atoms with Gasteiger partial charge in [-0.2, -0.15) is 0 Å². The summed E-state index contributed by atoms with van der Waals surface area (Å²) in [5.74, 6) is 0. The van der Waals surface area contributed by atoms with Crippen LogP contribution in [0.1, 0.15) is 83.1 Å².